The Hall–Kier alpha value is -2.11. The number of nitrogens with one attached hydrogen (secondary N) is 1. The summed E-state index contributed by atoms with van der Waals surface area (Å²) in [5.74, 6) is 0.0465. The molecule has 4 N–H and O–H groups in total. The van der Waals surface area contributed by atoms with Crippen LogP contribution in [0.25, 0.3) is 11.2 Å². The molecule has 0 amide bonds. The summed E-state index contributed by atoms with van der Waals surface area (Å²) in [7, 11) is 0. The molecule has 164 valence electrons. The van der Waals surface area contributed by atoms with Crippen molar-refractivity contribution in [3.8, 4) is 0 Å². The molecule has 0 saturated carbocycles. The van der Waals surface area contributed by atoms with Crippen molar-refractivity contribution in [2.75, 3.05) is 0 Å². The minimum Gasteiger partial charge on any atom is -0.386 e. The Balaban J connectivity index is 1.70. The number of nitrogens with zero attached hydrogens (tertiary/aromatic N) is 4. The van der Waals surface area contributed by atoms with E-state index in [2.05, 4.69) is 15.0 Å². The largest absolute Gasteiger partial charge is 0.413 e. The minimum absolute atomic E-state index is 0.0401. The summed E-state index contributed by atoms with van der Waals surface area (Å²) in [6.07, 6.45) is -2.63. The van der Waals surface area contributed by atoms with Crippen LogP contribution in [-0.4, -0.2) is 60.6 Å². The number of aromatic nitrogens is 4. The van der Waals surface area contributed by atoms with Gasteiger partial charge in [-0.3, -0.25) is 19.5 Å². The van der Waals surface area contributed by atoms with Gasteiger partial charge in [0.2, 0.25) is 0 Å². The number of thioether (sulfide) groups is 1. The third-order valence-corrected chi connectivity index (χ3v) is 8.25. The van der Waals surface area contributed by atoms with E-state index in [-0.39, 0.29) is 16.9 Å². The normalized spacial score (nSPS) is 27.9. The van der Waals surface area contributed by atoms with Gasteiger partial charge in [0.25, 0.3) is 9.17 Å². The number of H-pyrrole nitrogens is 1. The first-order valence-electron chi connectivity index (χ1n) is 8.87. The molecule has 1 saturated heterocycles. The molecule has 1 aromatic carbocycles. The van der Waals surface area contributed by atoms with Crippen LogP contribution in [0.1, 0.15) is 11.8 Å². The number of aromatic amines is 1. The molecule has 3 heterocycles. The van der Waals surface area contributed by atoms with Gasteiger partial charge < -0.3 is 25.0 Å². The number of hydrogen-bond acceptors (Lipinski definition) is 10. The van der Waals surface area contributed by atoms with Crippen molar-refractivity contribution >= 4 is 45.5 Å². The molecule has 1 aliphatic heterocycles. The van der Waals surface area contributed by atoms with Crippen LogP contribution in [0.2, 0.25) is 0 Å². The maximum absolute atomic E-state index is 11.9. The van der Waals surface area contributed by atoms with E-state index in [4.69, 9.17) is 4.74 Å². The number of imidazole rings is 1. The van der Waals surface area contributed by atoms with E-state index in [1.54, 1.807) is 30.3 Å². The molecule has 31 heavy (non-hydrogen) atoms. The van der Waals surface area contributed by atoms with Crippen LogP contribution in [0.3, 0.4) is 0 Å². The van der Waals surface area contributed by atoms with Crippen molar-refractivity contribution in [3.63, 3.8) is 0 Å². The number of alkyl halides is 1. The number of rotatable bonds is 6. The lowest BCUT2D eigenvalue weighted by atomic mass is 10.1. The summed E-state index contributed by atoms with van der Waals surface area (Å²) in [5.41, 5.74) is 0.183. The third-order valence-electron chi connectivity index (χ3n) is 4.90. The topological polar surface area (TPSA) is 177 Å². The summed E-state index contributed by atoms with van der Waals surface area (Å²) in [6.45, 7) is 0. The first kappa shape index (κ1) is 22.1. The Labute approximate surface area is 191 Å². The number of aliphatic hydroxyl groups is 3. The van der Waals surface area contributed by atoms with Crippen molar-refractivity contribution in [1.29, 1.82) is 0 Å². The second-order valence-electron chi connectivity index (χ2n) is 6.78. The highest BCUT2D eigenvalue weighted by Crippen LogP contribution is 2.53. The maximum atomic E-state index is 11.9. The monoisotopic (exact) mass is 561 g/mol. The Kier molecular flexibility index (Phi) is 5.78. The van der Waals surface area contributed by atoms with Gasteiger partial charge in [-0.05, 0) is 39.9 Å². The summed E-state index contributed by atoms with van der Waals surface area (Å²) in [4.78, 5) is 33.1. The first-order chi connectivity index (χ1) is 14.7. The fraction of sp³-hybridized carbons (Fsp3) is 0.353. The average molecular weight is 561 g/mol. The number of nitro groups is 1. The SMILES string of the molecule is O=c1[nH]cnc2c1ncn2[C@@H]1O[C@](I)(C(O)(SCc2ccccc2)[N+](=O)[O-])[C@@H](O)[C@H]1O. The van der Waals surface area contributed by atoms with Gasteiger partial charge in [-0.1, -0.05) is 30.3 Å². The van der Waals surface area contributed by atoms with Gasteiger partial charge in [0.05, 0.1) is 17.6 Å². The minimum atomic E-state index is -2.82. The van der Waals surface area contributed by atoms with Crippen LogP contribution >= 0.6 is 34.4 Å². The van der Waals surface area contributed by atoms with E-state index in [1.807, 2.05) is 0 Å². The molecule has 5 atom stereocenters. The standard InChI is InChI=1S/C17H16IN5O7S/c18-16(17(27,23(28)29)31-6-9-4-2-1-3-5-9)12(25)11(24)15(30-16)22-8-21-10-13(22)19-7-20-14(10)26/h1-5,7-8,11-12,15,24-25,27H,6H2,(H,19,20,26)/t11-,12+,15-,16+,17?/m1/s1. The molecule has 1 unspecified atom stereocenters. The molecule has 12 nitrogen and oxygen atoms in total. The Morgan fingerprint density at radius 1 is 1.35 bits per heavy atom. The zero-order valence-electron chi connectivity index (χ0n) is 15.5. The van der Waals surface area contributed by atoms with Gasteiger partial charge >= 0.3 is 5.06 Å². The summed E-state index contributed by atoms with van der Waals surface area (Å²) < 4.78 is 4.67. The molecule has 3 aromatic rings. The molecule has 1 aliphatic rings. The summed E-state index contributed by atoms with van der Waals surface area (Å²) >= 11 is 2.00. The Morgan fingerprint density at radius 2 is 2.06 bits per heavy atom. The van der Waals surface area contributed by atoms with Gasteiger partial charge in [0.15, 0.2) is 17.4 Å². The first-order valence-corrected chi connectivity index (χ1v) is 10.9. The number of fused-ring (bicyclic) bond motifs is 1. The number of halogens is 1. The highest BCUT2D eigenvalue weighted by atomic mass is 127. The predicted octanol–water partition coefficient (Wildman–Crippen LogP) is 0.358. The Morgan fingerprint density at radius 3 is 2.74 bits per heavy atom. The van der Waals surface area contributed by atoms with Gasteiger partial charge in [-0.2, -0.15) is 0 Å². The van der Waals surface area contributed by atoms with Crippen molar-refractivity contribution < 1.29 is 25.0 Å². The predicted molar refractivity (Wildman–Crippen MR) is 117 cm³/mol. The van der Waals surface area contributed by atoms with Crippen LogP contribution in [0.15, 0.2) is 47.8 Å². The average Bonchev–Trinajstić information content (AvgIpc) is 3.29. The smallest absolute Gasteiger partial charge is 0.386 e. The van der Waals surface area contributed by atoms with Crippen LogP contribution < -0.4 is 5.56 Å². The fourth-order valence-electron chi connectivity index (χ4n) is 3.26. The molecular formula is C17H16IN5O7S. The van der Waals surface area contributed by atoms with Gasteiger partial charge in [-0.25, -0.2) is 9.97 Å². The van der Waals surface area contributed by atoms with E-state index >= 15 is 0 Å². The quantitative estimate of drug-likeness (QED) is 0.108. The highest BCUT2D eigenvalue weighted by Gasteiger charge is 2.72. The summed E-state index contributed by atoms with van der Waals surface area (Å²) in [5, 5.41) is 41.5. The van der Waals surface area contributed by atoms with E-state index in [9.17, 15) is 30.2 Å². The van der Waals surface area contributed by atoms with Gasteiger partial charge in [0, 0.05) is 5.75 Å². The molecule has 4 rings (SSSR count). The van der Waals surface area contributed by atoms with Crippen LogP contribution in [-0.2, 0) is 10.5 Å². The molecule has 1 fully saturated rings. The molecule has 0 spiro atoms. The van der Waals surface area contributed by atoms with E-state index in [0.29, 0.717) is 17.3 Å². The lowest BCUT2D eigenvalue weighted by Gasteiger charge is -2.33. The number of hydrogen-bond donors (Lipinski definition) is 4. The molecular weight excluding hydrogens is 545 g/mol. The number of benzene rings is 1. The molecule has 2 aromatic heterocycles. The zero-order valence-corrected chi connectivity index (χ0v) is 18.5. The lowest BCUT2D eigenvalue weighted by molar-refractivity contribution is -0.606. The Bertz CT molecular complexity index is 1180. The third kappa shape index (κ3) is 3.52. The van der Waals surface area contributed by atoms with Gasteiger partial charge in [-0.15, -0.1) is 0 Å². The molecule has 0 radical (unpaired) electrons. The lowest BCUT2D eigenvalue weighted by Crippen LogP contribution is -2.59. The fourth-order valence-corrected chi connectivity index (χ4v) is 5.59. The molecule has 0 aliphatic carbocycles. The van der Waals surface area contributed by atoms with E-state index in [1.165, 1.54) is 27.2 Å². The van der Waals surface area contributed by atoms with Crippen LogP contribution in [0.5, 0.6) is 0 Å². The number of aliphatic hydroxyl groups excluding tert-OH is 2. The van der Waals surface area contributed by atoms with Gasteiger partial charge in [0.1, 0.15) is 12.2 Å². The summed E-state index contributed by atoms with van der Waals surface area (Å²) in [6, 6.07) is 8.75. The van der Waals surface area contributed by atoms with E-state index in [0.717, 1.165) is 12.7 Å². The zero-order chi connectivity index (χ0) is 22.4. The second kappa shape index (κ2) is 8.10. The molecule has 14 heteroatoms. The van der Waals surface area contributed by atoms with Crippen molar-refractivity contribution in [3.05, 3.63) is 69.0 Å². The van der Waals surface area contributed by atoms with Crippen LogP contribution in [0.4, 0.5) is 0 Å². The maximum Gasteiger partial charge on any atom is 0.413 e. The van der Waals surface area contributed by atoms with Crippen molar-refractivity contribution in [1.82, 2.24) is 19.5 Å². The number of ether oxygens (including phenoxy) is 1. The van der Waals surface area contributed by atoms with Crippen molar-refractivity contribution in [2.45, 2.75) is 32.9 Å². The molecule has 0 bridgehead atoms. The van der Waals surface area contributed by atoms with Crippen molar-refractivity contribution in [2.24, 2.45) is 0 Å². The van der Waals surface area contributed by atoms with Crippen LogP contribution in [0, 0.1) is 10.1 Å². The van der Waals surface area contributed by atoms with E-state index < -0.39 is 37.6 Å². The second-order valence-corrected chi connectivity index (χ2v) is 9.53. The highest BCUT2D eigenvalue weighted by molar-refractivity contribution is 14.1.